The van der Waals surface area contributed by atoms with E-state index in [1.807, 2.05) is 12.1 Å². The number of nitrogens with zero attached hydrogens (tertiary/aromatic N) is 1. The fourth-order valence-electron chi connectivity index (χ4n) is 4.12. The molecular weight excluding hydrogens is 340 g/mol. The van der Waals surface area contributed by atoms with E-state index in [1.165, 1.54) is 18.5 Å². The van der Waals surface area contributed by atoms with Crippen molar-refractivity contribution >= 4 is 22.6 Å². The van der Waals surface area contributed by atoms with Gasteiger partial charge in [0.15, 0.2) is 5.76 Å². The minimum absolute atomic E-state index is 0.119. The van der Waals surface area contributed by atoms with Gasteiger partial charge in [0, 0.05) is 43.9 Å². The molecule has 4 rings (SSSR count). The number of benzene rings is 1. The normalized spacial score (nSPS) is 19.5. The number of piperidine rings is 1. The molecule has 0 unspecified atom stereocenters. The molecule has 1 aromatic carbocycles. The number of hydrogen-bond acceptors (Lipinski definition) is 4. The second-order valence-corrected chi connectivity index (χ2v) is 8.10. The zero-order chi connectivity index (χ0) is 18.6. The maximum absolute atomic E-state index is 12.4. The molecule has 27 heavy (non-hydrogen) atoms. The Kier molecular flexibility index (Phi) is 5.67. The molecule has 0 atom stereocenters. The molecule has 2 fully saturated rings. The number of amides is 1. The first-order chi connectivity index (χ1) is 13.2. The Labute approximate surface area is 161 Å². The average molecular weight is 370 g/mol. The van der Waals surface area contributed by atoms with E-state index in [0.29, 0.717) is 18.2 Å². The third-order valence-corrected chi connectivity index (χ3v) is 6.05. The summed E-state index contributed by atoms with van der Waals surface area (Å²) in [5.74, 6) is 1.76. The van der Waals surface area contributed by atoms with Crippen LogP contribution in [0, 0.1) is 11.8 Å². The quantitative estimate of drug-likeness (QED) is 0.856. The number of furan rings is 1. The molecule has 2 aliphatic heterocycles. The minimum atomic E-state index is -0.119. The lowest BCUT2D eigenvalue weighted by Gasteiger charge is -2.32. The Morgan fingerprint density at radius 3 is 2.70 bits per heavy atom. The zero-order valence-electron chi connectivity index (χ0n) is 16.2. The lowest BCUT2D eigenvalue weighted by molar-refractivity contribution is 0.0635. The second kappa shape index (κ2) is 8.34. The summed E-state index contributed by atoms with van der Waals surface area (Å²) in [5, 5.41) is 4.01. The number of rotatable bonds is 5. The highest BCUT2D eigenvalue weighted by atomic mass is 16.5. The van der Waals surface area contributed by atoms with Crippen LogP contribution >= 0.6 is 0 Å². The van der Waals surface area contributed by atoms with Crippen molar-refractivity contribution in [3.8, 4) is 0 Å². The molecule has 1 amide bonds. The van der Waals surface area contributed by atoms with Crippen LogP contribution in [-0.2, 0) is 4.74 Å². The molecule has 0 spiro atoms. The number of carbonyl (C=O) groups excluding carboxylic acids is 1. The number of hydrogen-bond donors (Lipinski definition) is 1. The molecule has 5 heteroatoms. The monoisotopic (exact) mass is 370 g/mol. The molecule has 1 N–H and O–H groups in total. The summed E-state index contributed by atoms with van der Waals surface area (Å²) >= 11 is 0. The van der Waals surface area contributed by atoms with Gasteiger partial charge in [0.2, 0.25) is 0 Å². The highest BCUT2D eigenvalue weighted by Crippen LogP contribution is 2.28. The summed E-state index contributed by atoms with van der Waals surface area (Å²) in [6, 6.07) is 8.11. The van der Waals surface area contributed by atoms with Gasteiger partial charge in [0.05, 0.1) is 0 Å². The highest BCUT2D eigenvalue weighted by molar-refractivity contribution is 5.96. The third kappa shape index (κ3) is 4.46. The van der Waals surface area contributed by atoms with Crippen LogP contribution in [0.5, 0.6) is 0 Å². The molecule has 2 aliphatic rings. The van der Waals surface area contributed by atoms with Crippen molar-refractivity contribution in [3.63, 3.8) is 0 Å². The Morgan fingerprint density at radius 2 is 1.93 bits per heavy atom. The van der Waals surface area contributed by atoms with Gasteiger partial charge in [-0.05, 0) is 68.2 Å². The summed E-state index contributed by atoms with van der Waals surface area (Å²) in [7, 11) is 0. The van der Waals surface area contributed by atoms with Crippen molar-refractivity contribution in [1.29, 1.82) is 0 Å². The topological polar surface area (TPSA) is 54.7 Å². The fourth-order valence-corrected chi connectivity index (χ4v) is 4.12. The van der Waals surface area contributed by atoms with Crippen LogP contribution in [0.15, 0.2) is 28.7 Å². The van der Waals surface area contributed by atoms with Gasteiger partial charge in [0.1, 0.15) is 5.58 Å². The zero-order valence-corrected chi connectivity index (χ0v) is 16.2. The first-order valence-corrected chi connectivity index (χ1v) is 10.3. The van der Waals surface area contributed by atoms with Crippen molar-refractivity contribution in [2.45, 2.75) is 39.0 Å². The van der Waals surface area contributed by atoms with Gasteiger partial charge < -0.3 is 19.4 Å². The van der Waals surface area contributed by atoms with Crippen LogP contribution < -0.4 is 10.2 Å². The molecule has 2 aromatic rings. The number of fused-ring (bicyclic) bond motifs is 1. The minimum Gasteiger partial charge on any atom is -0.451 e. The van der Waals surface area contributed by atoms with Crippen molar-refractivity contribution in [1.82, 2.24) is 5.32 Å². The van der Waals surface area contributed by atoms with Gasteiger partial charge in [-0.2, -0.15) is 0 Å². The highest BCUT2D eigenvalue weighted by Gasteiger charge is 2.18. The van der Waals surface area contributed by atoms with Crippen LogP contribution in [0.2, 0.25) is 0 Å². The summed E-state index contributed by atoms with van der Waals surface area (Å²) in [5.41, 5.74) is 2.00. The molecule has 3 heterocycles. The molecular formula is C22H30N2O3. The summed E-state index contributed by atoms with van der Waals surface area (Å²) in [6.07, 6.45) is 5.68. The lowest BCUT2D eigenvalue weighted by atomic mass is 9.97. The summed E-state index contributed by atoms with van der Waals surface area (Å²) < 4.78 is 11.2. The van der Waals surface area contributed by atoms with Gasteiger partial charge >= 0.3 is 0 Å². The van der Waals surface area contributed by atoms with Crippen molar-refractivity contribution in [2.75, 3.05) is 37.7 Å². The Bertz CT molecular complexity index is 771. The van der Waals surface area contributed by atoms with Crippen molar-refractivity contribution in [2.24, 2.45) is 11.8 Å². The van der Waals surface area contributed by atoms with Crippen LogP contribution in [0.4, 0.5) is 5.69 Å². The largest absolute Gasteiger partial charge is 0.451 e. The molecule has 146 valence electrons. The van der Waals surface area contributed by atoms with E-state index in [0.717, 1.165) is 62.5 Å². The maximum atomic E-state index is 12.4. The Balaban J connectivity index is 1.36. The van der Waals surface area contributed by atoms with Crippen LogP contribution in [0.1, 0.15) is 49.6 Å². The molecule has 0 saturated carbocycles. The van der Waals surface area contributed by atoms with E-state index in [1.54, 1.807) is 0 Å². The van der Waals surface area contributed by atoms with Crippen LogP contribution in [0.3, 0.4) is 0 Å². The van der Waals surface area contributed by atoms with E-state index in [9.17, 15) is 4.79 Å². The van der Waals surface area contributed by atoms with Crippen molar-refractivity contribution < 1.29 is 13.9 Å². The summed E-state index contributed by atoms with van der Waals surface area (Å²) in [6.45, 7) is 6.91. The average Bonchev–Trinajstić information content (AvgIpc) is 3.13. The number of carbonyl (C=O) groups is 1. The Hall–Kier alpha value is -2.01. The number of nitrogens with one attached hydrogen (secondary N) is 1. The van der Waals surface area contributed by atoms with Gasteiger partial charge in [-0.3, -0.25) is 4.79 Å². The third-order valence-electron chi connectivity index (χ3n) is 6.05. The van der Waals surface area contributed by atoms with Crippen molar-refractivity contribution in [3.05, 3.63) is 30.0 Å². The first kappa shape index (κ1) is 18.4. The smallest absolute Gasteiger partial charge is 0.287 e. The molecule has 1 aromatic heterocycles. The van der Waals surface area contributed by atoms with E-state index >= 15 is 0 Å². The predicted octanol–water partition coefficient (Wildman–Crippen LogP) is 4.22. The van der Waals surface area contributed by atoms with Crippen LogP contribution in [-0.4, -0.2) is 38.8 Å². The molecule has 0 aliphatic carbocycles. The standard InChI is InChI=1S/C22H30N2O3/c1-16-5-10-24(11-6-16)19-2-3-20-18(14-19)15-21(27-20)22(25)23-9-4-17-7-12-26-13-8-17/h2-3,14-17H,4-13H2,1H3,(H,23,25). The number of ether oxygens (including phenoxy) is 1. The van der Waals surface area contributed by atoms with Gasteiger partial charge in [-0.1, -0.05) is 6.92 Å². The summed E-state index contributed by atoms with van der Waals surface area (Å²) in [4.78, 5) is 14.9. The molecule has 5 nitrogen and oxygen atoms in total. The second-order valence-electron chi connectivity index (χ2n) is 8.10. The van der Waals surface area contributed by atoms with E-state index in [2.05, 4.69) is 29.3 Å². The molecule has 0 bridgehead atoms. The van der Waals surface area contributed by atoms with Gasteiger partial charge in [-0.25, -0.2) is 0 Å². The first-order valence-electron chi connectivity index (χ1n) is 10.3. The Morgan fingerprint density at radius 1 is 1.15 bits per heavy atom. The van der Waals surface area contributed by atoms with Gasteiger partial charge in [-0.15, -0.1) is 0 Å². The number of anilines is 1. The molecule has 0 radical (unpaired) electrons. The van der Waals surface area contributed by atoms with Crippen LogP contribution in [0.25, 0.3) is 11.0 Å². The predicted molar refractivity (Wildman–Crippen MR) is 107 cm³/mol. The maximum Gasteiger partial charge on any atom is 0.287 e. The van der Waals surface area contributed by atoms with E-state index in [4.69, 9.17) is 9.15 Å². The van der Waals surface area contributed by atoms with E-state index in [-0.39, 0.29) is 5.91 Å². The molecule has 2 saturated heterocycles. The van der Waals surface area contributed by atoms with Gasteiger partial charge in [0.25, 0.3) is 5.91 Å². The fraction of sp³-hybridized carbons (Fsp3) is 0.591. The van der Waals surface area contributed by atoms with E-state index < -0.39 is 0 Å². The lowest BCUT2D eigenvalue weighted by Crippen LogP contribution is -2.32. The SMILES string of the molecule is CC1CCN(c2ccc3oc(C(=O)NCCC4CCOCC4)cc3c2)CC1.